The van der Waals surface area contributed by atoms with E-state index in [4.69, 9.17) is 11.5 Å². The van der Waals surface area contributed by atoms with Gasteiger partial charge in [0.25, 0.3) is 0 Å². The summed E-state index contributed by atoms with van der Waals surface area (Å²) in [5.74, 6) is -1.10. The van der Waals surface area contributed by atoms with E-state index in [-0.39, 0.29) is 21.2 Å². The zero-order valence-corrected chi connectivity index (χ0v) is 10.6. The number of anilines is 2. The Bertz CT molecular complexity index is 684. The molecule has 2 aromatic rings. The summed E-state index contributed by atoms with van der Waals surface area (Å²) in [6.45, 7) is 0. The number of nitrogen functional groups attached to an aromatic ring is 2. The number of sulfone groups is 1. The molecule has 0 radical (unpaired) electrons. The molecule has 0 aromatic heterocycles. The van der Waals surface area contributed by atoms with Crippen LogP contribution in [0.1, 0.15) is 0 Å². The fourth-order valence-corrected chi connectivity index (χ4v) is 3.13. The van der Waals surface area contributed by atoms with Gasteiger partial charge >= 0.3 is 0 Å². The Hall–Kier alpha value is -2.41. The molecule has 0 unspecified atom stereocenters. The maximum atomic E-state index is 12.3. The minimum Gasteiger partial charge on any atom is -0.504 e. The van der Waals surface area contributed by atoms with Gasteiger partial charge in [0, 0.05) is 0 Å². The zero-order valence-electron chi connectivity index (χ0n) is 9.74. The average molecular weight is 280 g/mol. The summed E-state index contributed by atoms with van der Waals surface area (Å²) in [7, 11) is -4.11. The van der Waals surface area contributed by atoms with E-state index in [9.17, 15) is 18.6 Å². The first-order valence-electron chi connectivity index (χ1n) is 5.25. The van der Waals surface area contributed by atoms with E-state index in [1.807, 2.05) is 0 Å². The van der Waals surface area contributed by atoms with Gasteiger partial charge in [-0.2, -0.15) is 0 Å². The predicted molar refractivity (Wildman–Crippen MR) is 70.5 cm³/mol. The molecule has 2 rings (SSSR count). The monoisotopic (exact) mass is 280 g/mol. The van der Waals surface area contributed by atoms with Crippen LogP contribution in [-0.2, 0) is 9.84 Å². The predicted octanol–water partition coefficient (Wildman–Crippen LogP) is 1.09. The number of hydrogen-bond donors (Lipinski definition) is 4. The maximum Gasteiger partial charge on any atom is 0.214 e. The standard InChI is InChI=1S/C12H12N2O4S/c13-7-3-1-5-9(11(7)15)19(17,18)10-6-2-4-8(14)12(10)16/h1-6,15-16H,13-14H2. The van der Waals surface area contributed by atoms with Crippen LogP contribution in [0.2, 0.25) is 0 Å². The highest BCUT2D eigenvalue weighted by Crippen LogP contribution is 2.37. The Labute approximate surface area is 109 Å². The third-order valence-corrected chi connectivity index (χ3v) is 4.46. The van der Waals surface area contributed by atoms with Crippen molar-refractivity contribution in [1.82, 2.24) is 0 Å². The first-order chi connectivity index (χ1) is 8.85. The fourth-order valence-electron chi connectivity index (χ4n) is 1.63. The van der Waals surface area contributed by atoms with Crippen molar-refractivity contribution in [2.24, 2.45) is 0 Å². The first kappa shape index (κ1) is 13.0. The number of phenolic OH excluding ortho intramolecular Hbond substituents is 2. The molecule has 0 bridgehead atoms. The molecular weight excluding hydrogens is 268 g/mol. The molecule has 0 atom stereocenters. The smallest absolute Gasteiger partial charge is 0.214 e. The molecule has 0 fully saturated rings. The summed E-state index contributed by atoms with van der Waals surface area (Å²) >= 11 is 0. The molecule has 2 aromatic carbocycles. The molecular formula is C12H12N2O4S. The van der Waals surface area contributed by atoms with Gasteiger partial charge in [0.05, 0.1) is 11.4 Å². The zero-order chi connectivity index (χ0) is 14.2. The van der Waals surface area contributed by atoms with Gasteiger partial charge in [-0.05, 0) is 24.3 Å². The minimum atomic E-state index is -4.11. The lowest BCUT2D eigenvalue weighted by Gasteiger charge is -2.10. The molecule has 0 heterocycles. The van der Waals surface area contributed by atoms with Crippen LogP contribution in [0, 0.1) is 0 Å². The first-order valence-corrected chi connectivity index (χ1v) is 6.74. The van der Waals surface area contributed by atoms with E-state index in [2.05, 4.69) is 0 Å². The molecule has 7 heteroatoms. The second-order valence-electron chi connectivity index (χ2n) is 3.89. The Balaban J connectivity index is 2.73. The molecule has 19 heavy (non-hydrogen) atoms. The number of rotatable bonds is 2. The van der Waals surface area contributed by atoms with Gasteiger partial charge < -0.3 is 21.7 Å². The Morgan fingerprint density at radius 3 is 1.53 bits per heavy atom. The lowest BCUT2D eigenvalue weighted by Crippen LogP contribution is -2.05. The van der Waals surface area contributed by atoms with E-state index in [0.717, 1.165) is 0 Å². The van der Waals surface area contributed by atoms with Gasteiger partial charge in [-0.1, -0.05) is 12.1 Å². The van der Waals surface area contributed by atoms with Gasteiger partial charge in [-0.3, -0.25) is 0 Å². The third-order valence-electron chi connectivity index (χ3n) is 2.64. The molecule has 100 valence electrons. The van der Waals surface area contributed by atoms with Crippen molar-refractivity contribution in [3.05, 3.63) is 36.4 Å². The number of phenols is 2. The van der Waals surface area contributed by atoms with Crippen LogP contribution in [0.3, 0.4) is 0 Å². The van der Waals surface area contributed by atoms with Crippen molar-refractivity contribution in [3.63, 3.8) is 0 Å². The Morgan fingerprint density at radius 2 is 1.16 bits per heavy atom. The molecule has 6 N–H and O–H groups in total. The molecule has 0 aliphatic rings. The van der Waals surface area contributed by atoms with Gasteiger partial charge in [0.2, 0.25) is 9.84 Å². The van der Waals surface area contributed by atoms with Crippen molar-refractivity contribution < 1.29 is 18.6 Å². The van der Waals surface area contributed by atoms with Crippen molar-refractivity contribution in [2.45, 2.75) is 9.79 Å². The number of nitrogens with two attached hydrogens (primary N) is 2. The number of para-hydroxylation sites is 2. The van der Waals surface area contributed by atoms with Gasteiger partial charge in [0.15, 0.2) is 11.5 Å². The van der Waals surface area contributed by atoms with Crippen LogP contribution in [0.4, 0.5) is 11.4 Å². The fraction of sp³-hybridized carbons (Fsp3) is 0. The van der Waals surface area contributed by atoms with E-state index in [1.54, 1.807) is 0 Å². The maximum absolute atomic E-state index is 12.3. The molecule has 0 aliphatic heterocycles. The third kappa shape index (κ3) is 2.04. The summed E-state index contributed by atoms with van der Waals surface area (Å²) in [6, 6.07) is 7.92. The highest BCUT2D eigenvalue weighted by Gasteiger charge is 2.26. The number of aromatic hydroxyl groups is 2. The Kier molecular flexibility index (Phi) is 2.99. The quantitative estimate of drug-likeness (QED) is 0.482. The van der Waals surface area contributed by atoms with Crippen LogP contribution < -0.4 is 11.5 Å². The van der Waals surface area contributed by atoms with Crippen LogP contribution in [0.15, 0.2) is 46.2 Å². The SMILES string of the molecule is Nc1cccc(S(=O)(=O)c2cccc(N)c2O)c1O. The van der Waals surface area contributed by atoms with Crippen LogP contribution >= 0.6 is 0 Å². The lowest BCUT2D eigenvalue weighted by molar-refractivity contribution is 0.455. The minimum absolute atomic E-state index is 0.0653. The highest BCUT2D eigenvalue weighted by atomic mass is 32.2. The second kappa shape index (κ2) is 4.36. The van der Waals surface area contributed by atoms with E-state index in [0.29, 0.717) is 0 Å². The summed E-state index contributed by atoms with van der Waals surface area (Å²) in [4.78, 5) is -0.762. The Morgan fingerprint density at radius 1 is 0.789 bits per heavy atom. The normalized spacial score (nSPS) is 11.4. The topological polar surface area (TPSA) is 127 Å². The highest BCUT2D eigenvalue weighted by molar-refractivity contribution is 7.91. The molecule has 6 nitrogen and oxygen atoms in total. The number of benzene rings is 2. The van der Waals surface area contributed by atoms with E-state index < -0.39 is 21.3 Å². The van der Waals surface area contributed by atoms with Crippen LogP contribution in [-0.4, -0.2) is 18.6 Å². The van der Waals surface area contributed by atoms with Crippen molar-refractivity contribution >= 4 is 21.2 Å². The van der Waals surface area contributed by atoms with Crippen LogP contribution in [0.5, 0.6) is 11.5 Å². The molecule has 0 saturated carbocycles. The summed E-state index contributed by atoms with van der Waals surface area (Å²) in [5, 5.41) is 19.5. The molecule has 0 amide bonds. The summed E-state index contributed by atoms with van der Waals surface area (Å²) < 4.78 is 24.7. The van der Waals surface area contributed by atoms with E-state index in [1.165, 1.54) is 36.4 Å². The van der Waals surface area contributed by atoms with Gasteiger partial charge in [0.1, 0.15) is 9.79 Å². The largest absolute Gasteiger partial charge is 0.504 e. The summed E-state index contributed by atoms with van der Waals surface area (Å²) in [6.07, 6.45) is 0. The van der Waals surface area contributed by atoms with Gasteiger partial charge in [-0.25, -0.2) is 8.42 Å². The average Bonchev–Trinajstić information content (AvgIpc) is 2.35. The van der Waals surface area contributed by atoms with E-state index >= 15 is 0 Å². The molecule has 0 aliphatic carbocycles. The number of hydrogen-bond acceptors (Lipinski definition) is 6. The van der Waals surface area contributed by atoms with Crippen molar-refractivity contribution in [2.75, 3.05) is 11.5 Å². The van der Waals surface area contributed by atoms with Crippen molar-refractivity contribution in [3.8, 4) is 11.5 Å². The van der Waals surface area contributed by atoms with Crippen LogP contribution in [0.25, 0.3) is 0 Å². The molecule has 0 saturated heterocycles. The molecule has 0 spiro atoms. The lowest BCUT2D eigenvalue weighted by atomic mass is 10.3. The second-order valence-corrected chi connectivity index (χ2v) is 5.78. The van der Waals surface area contributed by atoms with Gasteiger partial charge in [-0.15, -0.1) is 0 Å². The van der Waals surface area contributed by atoms with Crippen molar-refractivity contribution in [1.29, 1.82) is 0 Å². The summed E-state index contributed by atoms with van der Waals surface area (Å²) in [5.41, 5.74) is 10.8.